The van der Waals surface area contributed by atoms with Gasteiger partial charge in [-0.1, -0.05) is 41.2 Å². The van der Waals surface area contributed by atoms with E-state index in [9.17, 15) is 5.26 Å². The summed E-state index contributed by atoms with van der Waals surface area (Å²) in [5.74, 6) is 1.89. The molecule has 0 aliphatic rings. The normalized spacial score (nSPS) is 11.4. The van der Waals surface area contributed by atoms with Crippen LogP contribution in [0.25, 0.3) is 15.3 Å². The Hall–Kier alpha value is -4.77. The molecule has 0 unspecified atom stereocenters. The highest BCUT2D eigenvalue weighted by molar-refractivity contribution is 7.20. The van der Waals surface area contributed by atoms with Crippen LogP contribution in [-0.4, -0.2) is 65.3 Å². The van der Waals surface area contributed by atoms with Crippen LogP contribution in [0.2, 0.25) is 0 Å². The van der Waals surface area contributed by atoms with Crippen molar-refractivity contribution >= 4 is 44.7 Å². The monoisotopic (exact) mass is 638 g/mol. The van der Waals surface area contributed by atoms with E-state index in [1.807, 2.05) is 24.3 Å². The zero-order valence-electron chi connectivity index (χ0n) is 26.8. The molecule has 12 nitrogen and oxygen atoms in total. The maximum atomic E-state index is 9.90. The second-order valence-corrected chi connectivity index (χ2v) is 11.9. The first-order valence-electron chi connectivity index (χ1n) is 15.1. The number of azo groups is 1. The van der Waals surface area contributed by atoms with Crippen molar-refractivity contribution in [2.75, 3.05) is 51.2 Å². The molecule has 46 heavy (non-hydrogen) atoms. The topological polar surface area (TPSA) is 148 Å². The molecule has 238 valence electrons. The Morgan fingerprint density at radius 1 is 0.913 bits per heavy atom. The number of rotatable bonds is 15. The first kappa shape index (κ1) is 32.6. The third-order valence-corrected chi connectivity index (χ3v) is 8.31. The van der Waals surface area contributed by atoms with Gasteiger partial charge in [0.2, 0.25) is 10.9 Å². The molecule has 2 aromatic carbocycles. The number of hydrogen-bond acceptors (Lipinski definition) is 12. The van der Waals surface area contributed by atoms with Gasteiger partial charge in [0, 0.05) is 46.9 Å². The first-order valence-corrected chi connectivity index (χ1v) is 15.9. The van der Waals surface area contributed by atoms with E-state index in [4.69, 9.17) is 19.4 Å². The summed E-state index contributed by atoms with van der Waals surface area (Å²) in [4.78, 5) is 14.5. The number of para-hydroxylation sites is 1. The summed E-state index contributed by atoms with van der Waals surface area (Å²) in [5.41, 5.74) is 6.36. The van der Waals surface area contributed by atoms with Crippen LogP contribution in [0, 0.1) is 32.1 Å². The summed E-state index contributed by atoms with van der Waals surface area (Å²) in [7, 11) is 3.36. The van der Waals surface area contributed by atoms with E-state index in [-0.39, 0.29) is 11.4 Å². The van der Waals surface area contributed by atoms with E-state index in [1.165, 1.54) is 33.6 Å². The lowest BCUT2D eigenvalue weighted by atomic mass is 9.97. The minimum Gasteiger partial charge on any atom is -0.385 e. The molecule has 2 N–H and O–H groups in total. The Bertz CT molecular complexity index is 1790. The average molecular weight is 639 g/mol. The summed E-state index contributed by atoms with van der Waals surface area (Å²) in [6.45, 7) is 8.74. The fourth-order valence-electron chi connectivity index (χ4n) is 5.09. The van der Waals surface area contributed by atoms with Crippen molar-refractivity contribution in [3.05, 3.63) is 76.2 Å². The summed E-state index contributed by atoms with van der Waals surface area (Å²) >= 11 is 1.48. The third kappa shape index (κ3) is 7.89. The molecule has 0 atom stereocenters. The number of methoxy groups -OCH3 is 2. The minimum absolute atomic E-state index is 0.174. The van der Waals surface area contributed by atoms with Crippen LogP contribution in [0.1, 0.15) is 46.5 Å². The van der Waals surface area contributed by atoms with Crippen molar-refractivity contribution in [1.82, 2.24) is 24.7 Å². The highest BCUT2D eigenvalue weighted by atomic mass is 32.1. The second-order valence-electron chi connectivity index (χ2n) is 10.9. The molecular weight excluding hydrogens is 600 g/mol. The molecule has 13 heteroatoms. The van der Waals surface area contributed by atoms with Gasteiger partial charge in [0.05, 0.1) is 16.4 Å². The number of nitriles is 1. The van der Waals surface area contributed by atoms with Gasteiger partial charge in [0.25, 0.3) is 0 Å². The van der Waals surface area contributed by atoms with Crippen molar-refractivity contribution in [3.8, 4) is 11.2 Å². The van der Waals surface area contributed by atoms with Gasteiger partial charge in [0.15, 0.2) is 17.3 Å². The molecule has 5 aromatic rings. The molecule has 0 fully saturated rings. The quantitative estimate of drug-likeness (QED) is 0.0916. The molecule has 0 saturated heterocycles. The summed E-state index contributed by atoms with van der Waals surface area (Å²) in [6.07, 6.45) is 3.71. The number of anilines is 2. The van der Waals surface area contributed by atoms with Crippen LogP contribution in [0.4, 0.5) is 23.1 Å². The van der Waals surface area contributed by atoms with Crippen LogP contribution in [0.5, 0.6) is 0 Å². The molecule has 5 rings (SSSR count). The lowest BCUT2D eigenvalue weighted by molar-refractivity contribution is 0.197. The number of aromatic nitrogens is 5. The van der Waals surface area contributed by atoms with Gasteiger partial charge in [-0.05, 0) is 62.4 Å². The lowest BCUT2D eigenvalue weighted by Gasteiger charge is -2.16. The molecule has 3 heterocycles. The van der Waals surface area contributed by atoms with Gasteiger partial charge in [-0.2, -0.15) is 5.26 Å². The number of nitrogens with one attached hydrogen (secondary N) is 2. The molecule has 0 aliphatic heterocycles. The van der Waals surface area contributed by atoms with Gasteiger partial charge in [0.1, 0.15) is 17.5 Å². The van der Waals surface area contributed by atoms with Crippen molar-refractivity contribution in [3.63, 3.8) is 0 Å². The van der Waals surface area contributed by atoms with Crippen LogP contribution in [0.3, 0.4) is 0 Å². The standard InChI is InChI=1S/C33H38N10O2S/c1-21-16-22(2)25(23(3)17-21)18-28-38-31(35-12-8-14-44-4)29(32(39-28)36-13-9-15-45-5)40-41-30-24(19-34)20-43(42-30)33-37-26-10-6-7-11-27(26)46-33/h6-7,10-11,16-17,20H,8-9,12-15,18H2,1-5H3,(H2,35,36,38,39). The molecule has 0 aliphatic carbocycles. The van der Waals surface area contributed by atoms with Gasteiger partial charge >= 0.3 is 0 Å². The van der Waals surface area contributed by atoms with E-state index in [0.717, 1.165) is 23.1 Å². The largest absolute Gasteiger partial charge is 0.385 e. The molecular formula is C33H38N10O2S. The predicted octanol–water partition coefficient (Wildman–Crippen LogP) is 6.97. The third-order valence-electron chi connectivity index (χ3n) is 7.28. The Kier molecular flexibility index (Phi) is 11.0. The second kappa shape index (κ2) is 15.5. The lowest BCUT2D eigenvalue weighted by Crippen LogP contribution is -2.13. The van der Waals surface area contributed by atoms with Crippen molar-refractivity contribution in [2.24, 2.45) is 10.2 Å². The summed E-state index contributed by atoms with van der Waals surface area (Å²) < 4.78 is 13.1. The van der Waals surface area contributed by atoms with Crippen molar-refractivity contribution < 1.29 is 9.47 Å². The van der Waals surface area contributed by atoms with E-state index in [1.54, 1.807) is 25.1 Å². The first-order chi connectivity index (χ1) is 22.4. The SMILES string of the molecule is COCCCNc1nc(Cc2c(C)cc(C)cc2C)nc(NCCCOC)c1N=Nc1nn(-c2nc3ccccc3s2)cc1C#N. The Balaban J connectivity index is 1.54. The number of nitrogens with zero attached hydrogens (tertiary/aromatic N) is 8. The summed E-state index contributed by atoms with van der Waals surface area (Å²) in [5, 5.41) is 31.0. The maximum absolute atomic E-state index is 9.90. The highest BCUT2D eigenvalue weighted by Crippen LogP contribution is 2.34. The molecule has 0 bridgehead atoms. The number of ether oxygens (including phenoxy) is 2. The Labute approximate surface area is 272 Å². The van der Waals surface area contributed by atoms with Crippen molar-refractivity contribution in [1.29, 1.82) is 5.26 Å². The zero-order valence-corrected chi connectivity index (χ0v) is 27.6. The molecule has 0 saturated carbocycles. The van der Waals surface area contributed by atoms with Crippen LogP contribution in [0.15, 0.2) is 52.8 Å². The van der Waals surface area contributed by atoms with Gasteiger partial charge < -0.3 is 20.1 Å². The number of thiazole rings is 1. The van der Waals surface area contributed by atoms with Crippen LogP contribution >= 0.6 is 11.3 Å². The highest BCUT2D eigenvalue weighted by Gasteiger charge is 2.18. The summed E-state index contributed by atoms with van der Waals surface area (Å²) in [6, 6.07) is 14.4. The predicted molar refractivity (Wildman–Crippen MR) is 181 cm³/mol. The fraction of sp³-hybridized carbons (Fsp3) is 0.364. The molecule has 0 spiro atoms. The maximum Gasteiger partial charge on any atom is 0.213 e. The number of benzene rings is 2. The number of aryl methyl sites for hydroxylation is 3. The van der Waals surface area contributed by atoms with E-state index in [0.29, 0.717) is 61.0 Å². The zero-order chi connectivity index (χ0) is 32.5. The Morgan fingerprint density at radius 3 is 2.17 bits per heavy atom. The van der Waals surface area contributed by atoms with Crippen LogP contribution in [-0.2, 0) is 15.9 Å². The molecule has 0 amide bonds. The van der Waals surface area contributed by atoms with Gasteiger partial charge in [-0.25, -0.2) is 19.6 Å². The smallest absolute Gasteiger partial charge is 0.213 e. The van der Waals surface area contributed by atoms with E-state index >= 15 is 0 Å². The fourth-order valence-corrected chi connectivity index (χ4v) is 5.98. The Morgan fingerprint density at radius 2 is 1.57 bits per heavy atom. The molecule has 0 radical (unpaired) electrons. The van der Waals surface area contributed by atoms with E-state index < -0.39 is 0 Å². The van der Waals surface area contributed by atoms with Crippen molar-refractivity contribution in [2.45, 2.75) is 40.0 Å². The molecule has 3 aromatic heterocycles. The number of hydrogen-bond donors (Lipinski definition) is 2. The minimum atomic E-state index is 0.174. The van der Waals surface area contributed by atoms with Gasteiger partial charge in [-0.15, -0.1) is 15.3 Å². The van der Waals surface area contributed by atoms with Gasteiger partial charge in [-0.3, -0.25) is 0 Å². The number of fused-ring (bicyclic) bond motifs is 1. The van der Waals surface area contributed by atoms with Crippen LogP contribution < -0.4 is 10.6 Å². The van der Waals surface area contributed by atoms with E-state index in [2.05, 4.69) is 69.9 Å². The average Bonchev–Trinajstić information content (AvgIpc) is 3.67.